The molecule has 1 saturated carbocycles. The van der Waals surface area contributed by atoms with Gasteiger partial charge in [0.25, 0.3) is 0 Å². The second kappa shape index (κ2) is 5.67. The van der Waals surface area contributed by atoms with Crippen molar-refractivity contribution in [2.24, 2.45) is 11.7 Å². The monoisotopic (exact) mass is 227 g/mol. The lowest BCUT2D eigenvalue weighted by Gasteiger charge is -2.29. The molecule has 0 amide bonds. The lowest BCUT2D eigenvalue weighted by molar-refractivity contribution is -0.157. The van der Waals surface area contributed by atoms with Crippen molar-refractivity contribution >= 4 is 5.97 Å². The average molecular weight is 227 g/mol. The highest BCUT2D eigenvalue weighted by atomic mass is 16.5. The van der Waals surface area contributed by atoms with Crippen LogP contribution in [-0.2, 0) is 9.53 Å². The normalized spacial score (nSPS) is 29.5. The summed E-state index contributed by atoms with van der Waals surface area (Å²) in [5.41, 5.74) is 5.13. The Morgan fingerprint density at radius 3 is 2.44 bits per heavy atom. The van der Waals surface area contributed by atoms with Crippen LogP contribution in [0.3, 0.4) is 0 Å². The molecule has 1 unspecified atom stereocenters. The molecule has 0 aromatic rings. The molecular weight excluding hydrogens is 202 g/mol. The number of carbonyl (C=O) groups excluding carboxylic acids is 1. The summed E-state index contributed by atoms with van der Waals surface area (Å²) >= 11 is 0. The van der Waals surface area contributed by atoms with E-state index in [0.717, 1.165) is 38.0 Å². The van der Waals surface area contributed by atoms with Gasteiger partial charge in [0.1, 0.15) is 11.6 Å². The molecule has 1 rings (SSSR count). The summed E-state index contributed by atoms with van der Waals surface area (Å²) in [6, 6.07) is 0. The zero-order valence-corrected chi connectivity index (χ0v) is 10.8. The lowest BCUT2D eigenvalue weighted by Crippen LogP contribution is -2.47. The molecule has 16 heavy (non-hydrogen) atoms. The highest BCUT2D eigenvalue weighted by Gasteiger charge is 2.32. The average Bonchev–Trinajstić information content (AvgIpc) is 2.21. The first kappa shape index (κ1) is 13.5. The van der Waals surface area contributed by atoms with Crippen molar-refractivity contribution in [1.29, 1.82) is 0 Å². The van der Waals surface area contributed by atoms with E-state index in [4.69, 9.17) is 10.5 Å². The molecule has 94 valence electrons. The van der Waals surface area contributed by atoms with E-state index >= 15 is 0 Å². The maximum absolute atomic E-state index is 11.9. The van der Waals surface area contributed by atoms with Gasteiger partial charge in [-0.2, -0.15) is 0 Å². The molecule has 3 nitrogen and oxygen atoms in total. The predicted octanol–water partition coefficient (Wildman–Crippen LogP) is 2.63. The van der Waals surface area contributed by atoms with Crippen LogP contribution in [0.15, 0.2) is 0 Å². The van der Waals surface area contributed by atoms with E-state index in [0.29, 0.717) is 6.42 Å². The second-order valence-corrected chi connectivity index (χ2v) is 5.45. The van der Waals surface area contributed by atoms with Crippen molar-refractivity contribution in [2.75, 3.05) is 0 Å². The molecule has 0 bridgehead atoms. The minimum Gasteiger partial charge on any atom is -0.461 e. The van der Waals surface area contributed by atoms with Gasteiger partial charge in [0.2, 0.25) is 0 Å². The van der Waals surface area contributed by atoms with Crippen LogP contribution in [0.2, 0.25) is 0 Å². The molecule has 0 aromatic carbocycles. The number of rotatable bonds is 4. The van der Waals surface area contributed by atoms with Gasteiger partial charge < -0.3 is 10.5 Å². The third-order valence-corrected chi connectivity index (χ3v) is 3.47. The van der Waals surface area contributed by atoms with Crippen LogP contribution < -0.4 is 5.73 Å². The Morgan fingerprint density at radius 1 is 1.38 bits per heavy atom. The van der Waals surface area contributed by atoms with Crippen LogP contribution in [0, 0.1) is 5.92 Å². The summed E-state index contributed by atoms with van der Waals surface area (Å²) < 4.78 is 5.49. The van der Waals surface area contributed by atoms with Gasteiger partial charge in [0, 0.05) is 0 Å². The third kappa shape index (κ3) is 3.78. The first-order valence-electron chi connectivity index (χ1n) is 6.45. The molecule has 0 saturated heterocycles. The van der Waals surface area contributed by atoms with Crippen molar-refractivity contribution < 1.29 is 9.53 Å². The van der Waals surface area contributed by atoms with Crippen molar-refractivity contribution in [3.63, 3.8) is 0 Å². The van der Waals surface area contributed by atoms with Gasteiger partial charge in [0.05, 0.1) is 0 Å². The summed E-state index contributed by atoms with van der Waals surface area (Å²) in [4.78, 5) is 11.9. The first-order valence-corrected chi connectivity index (χ1v) is 6.45. The summed E-state index contributed by atoms with van der Waals surface area (Å²) in [6.07, 6.45) is 6.01. The Hall–Kier alpha value is -0.570. The summed E-state index contributed by atoms with van der Waals surface area (Å²) in [7, 11) is 0. The number of ether oxygens (including phenoxy) is 1. The quantitative estimate of drug-likeness (QED) is 0.751. The fraction of sp³-hybridized carbons (Fsp3) is 0.923. The van der Waals surface area contributed by atoms with E-state index in [1.54, 1.807) is 6.92 Å². The fourth-order valence-corrected chi connectivity index (χ4v) is 2.25. The van der Waals surface area contributed by atoms with Crippen molar-refractivity contribution in [3.05, 3.63) is 0 Å². The van der Waals surface area contributed by atoms with Gasteiger partial charge in [-0.1, -0.05) is 20.3 Å². The predicted molar refractivity (Wildman–Crippen MR) is 65.0 cm³/mol. The van der Waals surface area contributed by atoms with E-state index in [-0.39, 0.29) is 12.1 Å². The third-order valence-electron chi connectivity index (χ3n) is 3.47. The zero-order chi connectivity index (χ0) is 12.2. The van der Waals surface area contributed by atoms with E-state index in [1.807, 2.05) is 6.92 Å². The smallest absolute Gasteiger partial charge is 0.326 e. The minimum absolute atomic E-state index is 0.100. The largest absolute Gasteiger partial charge is 0.461 e. The van der Waals surface area contributed by atoms with Gasteiger partial charge in [-0.3, -0.25) is 4.79 Å². The second-order valence-electron chi connectivity index (χ2n) is 5.45. The molecular formula is C13H25NO2. The molecule has 0 heterocycles. The highest BCUT2D eigenvalue weighted by Crippen LogP contribution is 2.26. The van der Waals surface area contributed by atoms with Crippen LogP contribution >= 0.6 is 0 Å². The zero-order valence-electron chi connectivity index (χ0n) is 10.8. The molecule has 1 aliphatic rings. The Labute approximate surface area is 98.7 Å². The molecule has 3 heteroatoms. The number of carbonyl (C=O) groups is 1. The maximum atomic E-state index is 11.9. The standard InChI is InChI=1S/C13H25NO2/c1-4-9-13(3,14)12(15)16-11-7-5-10(2)6-8-11/h10-11H,4-9,14H2,1-3H3. The van der Waals surface area contributed by atoms with E-state index < -0.39 is 5.54 Å². The summed E-state index contributed by atoms with van der Waals surface area (Å²) in [5.74, 6) is 0.545. The number of esters is 1. The van der Waals surface area contributed by atoms with E-state index in [9.17, 15) is 4.79 Å². The molecule has 0 spiro atoms. The summed E-state index contributed by atoms with van der Waals surface area (Å²) in [6.45, 7) is 6.05. The molecule has 1 atom stereocenters. The Balaban J connectivity index is 2.39. The van der Waals surface area contributed by atoms with Crippen LogP contribution in [0.5, 0.6) is 0 Å². The molecule has 0 aliphatic heterocycles. The van der Waals surface area contributed by atoms with E-state index in [2.05, 4.69) is 6.92 Å². The van der Waals surface area contributed by atoms with Crippen LogP contribution in [0.1, 0.15) is 59.3 Å². The summed E-state index contributed by atoms with van der Waals surface area (Å²) in [5, 5.41) is 0. The SMILES string of the molecule is CCCC(C)(N)C(=O)OC1CCC(C)CC1. The number of hydrogen-bond acceptors (Lipinski definition) is 3. The van der Waals surface area contributed by atoms with Gasteiger partial charge in [-0.15, -0.1) is 0 Å². The highest BCUT2D eigenvalue weighted by molar-refractivity contribution is 5.80. The lowest BCUT2D eigenvalue weighted by atomic mass is 9.88. The Kier molecular flexibility index (Phi) is 4.78. The van der Waals surface area contributed by atoms with Gasteiger partial charge >= 0.3 is 5.97 Å². The molecule has 0 aromatic heterocycles. The number of nitrogens with two attached hydrogens (primary N) is 1. The Morgan fingerprint density at radius 2 is 1.94 bits per heavy atom. The van der Waals surface area contributed by atoms with Crippen LogP contribution in [-0.4, -0.2) is 17.6 Å². The minimum atomic E-state index is -0.808. The van der Waals surface area contributed by atoms with Crippen molar-refractivity contribution in [3.8, 4) is 0 Å². The molecule has 1 fully saturated rings. The van der Waals surface area contributed by atoms with Gasteiger partial charge in [0.15, 0.2) is 0 Å². The van der Waals surface area contributed by atoms with Gasteiger partial charge in [-0.25, -0.2) is 0 Å². The molecule has 0 radical (unpaired) electrons. The van der Waals surface area contributed by atoms with Crippen molar-refractivity contribution in [1.82, 2.24) is 0 Å². The van der Waals surface area contributed by atoms with Crippen LogP contribution in [0.4, 0.5) is 0 Å². The van der Waals surface area contributed by atoms with Crippen LogP contribution in [0.25, 0.3) is 0 Å². The fourth-order valence-electron chi connectivity index (χ4n) is 2.25. The molecule has 1 aliphatic carbocycles. The maximum Gasteiger partial charge on any atom is 0.326 e. The first-order chi connectivity index (χ1) is 7.45. The van der Waals surface area contributed by atoms with Crippen molar-refractivity contribution in [2.45, 2.75) is 70.9 Å². The number of hydrogen-bond donors (Lipinski definition) is 1. The van der Waals surface area contributed by atoms with E-state index in [1.165, 1.54) is 0 Å². The topological polar surface area (TPSA) is 52.3 Å². The van der Waals surface area contributed by atoms with Gasteiger partial charge in [-0.05, 0) is 44.9 Å². The Bertz CT molecular complexity index is 230. The molecule has 2 N–H and O–H groups in total.